The Morgan fingerprint density at radius 3 is 2.09 bits per heavy atom. The molecule has 1 rings (SSSR count). The van der Waals surface area contributed by atoms with E-state index in [0.717, 1.165) is 0 Å². The molecule has 0 aromatic heterocycles. The van der Waals surface area contributed by atoms with Gasteiger partial charge in [0.15, 0.2) is 0 Å². The number of nitrogens with one attached hydrogen (secondary N) is 1. The van der Waals surface area contributed by atoms with Gasteiger partial charge in [-0.25, -0.2) is 0 Å². The van der Waals surface area contributed by atoms with Crippen LogP contribution in [0.2, 0.25) is 0 Å². The van der Waals surface area contributed by atoms with Crippen molar-refractivity contribution in [3.63, 3.8) is 0 Å². The third-order valence-electron chi connectivity index (χ3n) is 1.49. The van der Waals surface area contributed by atoms with Crippen LogP contribution < -0.4 is 5.32 Å². The van der Waals surface area contributed by atoms with Crippen LogP contribution in [0.15, 0.2) is 0 Å². The van der Waals surface area contributed by atoms with E-state index < -0.39 is 29.0 Å². The van der Waals surface area contributed by atoms with Gasteiger partial charge >= 0.3 is 0 Å². The normalized spacial score (nSPS) is 49.0. The predicted octanol–water partition coefficient (Wildman–Crippen LogP) is 2.23. The number of thiol groups is 1. The summed E-state index contributed by atoms with van der Waals surface area (Å²) in [6, 6.07) is 0. The Hall–Kier alpha value is 0.310. The molecule has 1 aliphatic heterocycles. The minimum absolute atomic E-state index is 1.02. The second kappa shape index (κ2) is 2.67. The SMILES string of the molecule is [2H]C1([2H])C(C)(C)NC(C)(C)C([2H])([2H])C1([2H])S. The lowest BCUT2D eigenvalue weighted by Gasteiger charge is -2.45. The number of hydrogen-bond donors (Lipinski definition) is 2. The van der Waals surface area contributed by atoms with E-state index in [1.807, 2.05) is 0 Å². The summed E-state index contributed by atoms with van der Waals surface area (Å²) in [6.45, 7) is 6.51. The number of piperidine rings is 1. The van der Waals surface area contributed by atoms with Gasteiger partial charge < -0.3 is 5.32 Å². The van der Waals surface area contributed by atoms with Gasteiger partial charge in [0.25, 0.3) is 0 Å². The van der Waals surface area contributed by atoms with Gasteiger partial charge in [-0.05, 0) is 40.4 Å². The number of hydrogen-bond acceptors (Lipinski definition) is 2. The Labute approximate surface area is 82.4 Å². The Morgan fingerprint density at radius 1 is 1.36 bits per heavy atom. The lowest BCUT2D eigenvalue weighted by Crippen LogP contribution is -2.58. The van der Waals surface area contributed by atoms with E-state index in [2.05, 4.69) is 17.9 Å². The Kier molecular flexibility index (Phi) is 1.10. The highest BCUT2D eigenvalue weighted by molar-refractivity contribution is 7.80. The van der Waals surface area contributed by atoms with Crippen molar-refractivity contribution in [3.8, 4) is 0 Å². The van der Waals surface area contributed by atoms with Crippen LogP contribution in [0.4, 0.5) is 0 Å². The van der Waals surface area contributed by atoms with Gasteiger partial charge in [0.2, 0.25) is 0 Å². The molecule has 0 amide bonds. The van der Waals surface area contributed by atoms with Crippen molar-refractivity contribution in [2.24, 2.45) is 0 Å². The third kappa shape index (κ3) is 2.68. The predicted molar refractivity (Wildman–Crippen MR) is 53.3 cm³/mol. The monoisotopic (exact) mass is 178 g/mol. The molecule has 0 unspecified atom stereocenters. The molecule has 0 atom stereocenters. The summed E-state index contributed by atoms with van der Waals surface area (Å²) in [5.41, 5.74) is -2.04. The van der Waals surface area contributed by atoms with Crippen LogP contribution >= 0.6 is 12.6 Å². The van der Waals surface area contributed by atoms with Gasteiger partial charge in [-0.15, -0.1) is 0 Å². The molecule has 1 fully saturated rings. The average molecular weight is 178 g/mol. The first-order chi connectivity index (χ1) is 6.71. The van der Waals surface area contributed by atoms with E-state index in [1.165, 1.54) is 0 Å². The largest absolute Gasteiger partial charge is 0.307 e. The summed E-state index contributed by atoms with van der Waals surface area (Å²) < 4.78 is 39.9. The molecule has 1 aliphatic rings. The lowest BCUT2D eigenvalue weighted by molar-refractivity contribution is 0.189. The Morgan fingerprint density at radius 2 is 1.73 bits per heavy atom. The molecule has 11 heavy (non-hydrogen) atoms. The average Bonchev–Trinajstić information content (AvgIpc) is 1.98. The molecule has 0 bridgehead atoms. The quantitative estimate of drug-likeness (QED) is 0.542. The first kappa shape index (κ1) is 4.52. The standard InChI is InChI=1S/C9H19NS/c1-8(2)5-7(11)6-9(3,4)10-8/h7,10-11H,5-6H2,1-4H3/i5D2,6D2,7D. The van der Waals surface area contributed by atoms with Crippen molar-refractivity contribution in [2.75, 3.05) is 0 Å². The van der Waals surface area contributed by atoms with Crippen molar-refractivity contribution < 1.29 is 6.85 Å². The molecule has 0 aromatic carbocycles. The second-order valence-electron chi connectivity index (χ2n) is 3.97. The fourth-order valence-corrected chi connectivity index (χ4v) is 2.03. The highest BCUT2D eigenvalue weighted by Gasteiger charge is 2.35. The lowest BCUT2D eigenvalue weighted by atomic mass is 9.82. The van der Waals surface area contributed by atoms with Gasteiger partial charge in [-0.1, -0.05) is 0 Å². The summed E-state index contributed by atoms with van der Waals surface area (Å²) >= 11 is 3.98. The fourth-order valence-electron chi connectivity index (χ4n) is 1.47. The first-order valence-electron chi connectivity index (χ1n) is 6.22. The van der Waals surface area contributed by atoms with Crippen LogP contribution in [0.1, 0.15) is 47.3 Å². The van der Waals surface area contributed by atoms with Crippen LogP contribution in [-0.2, 0) is 0 Å². The summed E-state index contributed by atoms with van der Waals surface area (Å²) in [5, 5.41) is 0.836. The van der Waals surface area contributed by atoms with E-state index >= 15 is 0 Å². The van der Waals surface area contributed by atoms with Crippen LogP contribution in [0.3, 0.4) is 0 Å². The molecule has 2 heteroatoms. The molecule has 1 saturated heterocycles. The van der Waals surface area contributed by atoms with Gasteiger partial charge in [-0.3, -0.25) is 0 Å². The van der Waals surface area contributed by atoms with Crippen molar-refractivity contribution in [2.45, 2.75) is 56.7 Å². The smallest absolute Gasteiger partial charge is 0.0415 e. The van der Waals surface area contributed by atoms with E-state index in [4.69, 9.17) is 6.85 Å². The van der Waals surface area contributed by atoms with E-state index in [1.54, 1.807) is 27.7 Å². The maximum Gasteiger partial charge on any atom is 0.0415 e. The first-order valence-corrected chi connectivity index (χ1v) is 4.17. The summed E-state index contributed by atoms with van der Waals surface area (Å²) in [6.07, 6.45) is -4.19. The Bertz CT molecular complexity index is 283. The van der Waals surface area contributed by atoms with Gasteiger partial charge in [0.1, 0.15) is 0 Å². The van der Waals surface area contributed by atoms with E-state index in [-0.39, 0.29) is 0 Å². The third-order valence-corrected chi connectivity index (χ3v) is 1.71. The summed E-state index contributed by atoms with van der Waals surface area (Å²) in [4.78, 5) is 0. The minimum atomic E-state index is -2.11. The molecular weight excluding hydrogens is 154 g/mol. The van der Waals surface area contributed by atoms with Crippen molar-refractivity contribution in [3.05, 3.63) is 0 Å². The molecule has 0 aromatic rings. The Balaban J connectivity index is 3.43. The van der Waals surface area contributed by atoms with Gasteiger partial charge in [0.05, 0.1) is 0 Å². The van der Waals surface area contributed by atoms with Gasteiger partial charge in [0, 0.05) is 23.2 Å². The molecular formula is C9H19NS. The molecule has 0 spiro atoms. The number of rotatable bonds is 0. The molecule has 1 nitrogen and oxygen atoms in total. The molecule has 66 valence electrons. The zero-order valence-corrected chi connectivity index (χ0v) is 8.34. The molecule has 0 aliphatic carbocycles. The topological polar surface area (TPSA) is 12.0 Å². The van der Waals surface area contributed by atoms with Crippen LogP contribution in [0, 0.1) is 0 Å². The highest BCUT2D eigenvalue weighted by atomic mass is 32.1. The molecule has 1 heterocycles. The summed E-state index contributed by atoms with van der Waals surface area (Å²) in [7, 11) is 0. The van der Waals surface area contributed by atoms with Crippen molar-refractivity contribution in [1.82, 2.24) is 5.32 Å². The molecule has 0 saturated carbocycles. The van der Waals surface area contributed by atoms with Crippen LogP contribution in [-0.4, -0.2) is 16.3 Å². The molecule has 0 radical (unpaired) electrons. The fraction of sp³-hybridized carbons (Fsp3) is 1.00. The van der Waals surface area contributed by atoms with E-state index in [0.29, 0.717) is 0 Å². The highest BCUT2D eigenvalue weighted by Crippen LogP contribution is 2.30. The van der Waals surface area contributed by atoms with Crippen LogP contribution in [0.5, 0.6) is 0 Å². The summed E-state index contributed by atoms with van der Waals surface area (Å²) in [5.74, 6) is 0. The zero-order valence-electron chi connectivity index (χ0n) is 12.4. The second-order valence-corrected chi connectivity index (χ2v) is 4.42. The van der Waals surface area contributed by atoms with Crippen molar-refractivity contribution >= 4 is 12.6 Å². The zero-order chi connectivity index (χ0) is 13.2. The maximum atomic E-state index is 8.02. The minimum Gasteiger partial charge on any atom is -0.307 e. The van der Waals surface area contributed by atoms with Crippen LogP contribution in [0.25, 0.3) is 0 Å². The van der Waals surface area contributed by atoms with Crippen molar-refractivity contribution in [1.29, 1.82) is 0 Å². The van der Waals surface area contributed by atoms with Gasteiger partial charge in [-0.2, -0.15) is 12.6 Å². The molecule has 1 N–H and O–H groups in total. The van der Waals surface area contributed by atoms with E-state index in [9.17, 15) is 0 Å². The maximum absolute atomic E-state index is 8.02.